The summed E-state index contributed by atoms with van der Waals surface area (Å²) < 4.78 is 43.4. The van der Waals surface area contributed by atoms with Crippen molar-refractivity contribution in [1.82, 2.24) is 39.1 Å². The summed E-state index contributed by atoms with van der Waals surface area (Å²) in [4.78, 5) is 30.7. The number of amides is 1. The second kappa shape index (κ2) is 11.0. The second-order valence-corrected chi connectivity index (χ2v) is 10.5. The van der Waals surface area contributed by atoms with Crippen LogP contribution in [0.25, 0.3) is 16.9 Å². The number of aromatic nitrogens is 7. The van der Waals surface area contributed by atoms with Crippen molar-refractivity contribution in [1.29, 1.82) is 5.26 Å². The molecular weight excluding hydrogens is 577 g/mol. The number of hydrogen-bond acceptors (Lipinski definition) is 8. The highest BCUT2D eigenvalue weighted by molar-refractivity contribution is 5.94. The fourth-order valence-corrected chi connectivity index (χ4v) is 5.32. The molecule has 1 saturated heterocycles. The van der Waals surface area contributed by atoms with E-state index in [9.17, 15) is 28.0 Å². The van der Waals surface area contributed by atoms with Gasteiger partial charge in [-0.25, -0.2) is 9.20 Å². The summed E-state index contributed by atoms with van der Waals surface area (Å²) in [5.41, 5.74) is 1.24. The van der Waals surface area contributed by atoms with Crippen LogP contribution in [0.2, 0.25) is 0 Å². The molecule has 0 aliphatic carbocycles. The minimum Gasteiger partial charge on any atom is -0.338 e. The minimum atomic E-state index is -4.48. The molecule has 224 valence electrons. The number of likely N-dealkylation sites (tertiary alicyclic amines) is 1. The predicted molar refractivity (Wildman–Crippen MR) is 151 cm³/mol. The first-order valence-electron chi connectivity index (χ1n) is 13.6. The summed E-state index contributed by atoms with van der Waals surface area (Å²) in [6, 6.07) is 11.9. The third kappa shape index (κ3) is 5.37. The van der Waals surface area contributed by atoms with Crippen LogP contribution < -0.4 is 5.32 Å². The number of rotatable bonds is 6. The van der Waals surface area contributed by atoms with Gasteiger partial charge in [0.15, 0.2) is 5.65 Å². The molecule has 0 spiro atoms. The van der Waals surface area contributed by atoms with Gasteiger partial charge in [0.1, 0.15) is 0 Å². The molecule has 0 saturated carbocycles. The molecule has 0 unspecified atom stereocenters. The van der Waals surface area contributed by atoms with Crippen LogP contribution >= 0.6 is 0 Å². The maximum atomic E-state index is 13.0. The molecule has 0 atom stereocenters. The van der Waals surface area contributed by atoms with Gasteiger partial charge in [-0.1, -0.05) is 6.07 Å². The maximum absolute atomic E-state index is 13.0. The molecule has 1 amide bonds. The van der Waals surface area contributed by atoms with Crippen molar-refractivity contribution in [2.24, 2.45) is 0 Å². The highest BCUT2D eigenvalue weighted by Crippen LogP contribution is 2.35. The molecule has 1 aliphatic rings. The molecule has 1 fully saturated rings. The fourth-order valence-electron chi connectivity index (χ4n) is 5.32. The van der Waals surface area contributed by atoms with E-state index in [2.05, 4.69) is 31.7 Å². The van der Waals surface area contributed by atoms with Crippen LogP contribution in [0, 0.1) is 11.3 Å². The smallest absolute Gasteiger partial charge is 0.338 e. The summed E-state index contributed by atoms with van der Waals surface area (Å²) in [6.07, 6.45) is 3.10. The Bertz CT molecular complexity index is 1890. The van der Waals surface area contributed by atoms with Crippen molar-refractivity contribution >= 4 is 29.1 Å². The number of hydrogen-bond donors (Lipinski definition) is 1. The normalized spacial score (nSPS) is 14.8. The number of piperidine rings is 1. The second-order valence-electron chi connectivity index (χ2n) is 10.5. The Morgan fingerprint density at radius 1 is 1.05 bits per heavy atom. The van der Waals surface area contributed by atoms with E-state index in [1.54, 1.807) is 26.4 Å². The van der Waals surface area contributed by atoms with Crippen LogP contribution in [0.15, 0.2) is 67.3 Å². The molecule has 6 rings (SSSR count). The number of alkyl halides is 3. The SMILES string of the molecule is CC(=O)n1cc(Nc2nc3cccc(-c4cnn(C5(CC#N)CCN(C(=O)c6ccc(C(F)(F)F)cc6)CC5)c4)n3n2)cn1. The number of nitrogens with one attached hydrogen (secondary N) is 1. The van der Waals surface area contributed by atoms with Crippen molar-refractivity contribution in [3.8, 4) is 17.3 Å². The van der Waals surface area contributed by atoms with Gasteiger partial charge in [0.2, 0.25) is 11.9 Å². The monoisotopic (exact) mass is 602 g/mol. The lowest BCUT2D eigenvalue weighted by molar-refractivity contribution is -0.137. The molecule has 44 heavy (non-hydrogen) atoms. The molecule has 5 heterocycles. The van der Waals surface area contributed by atoms with Gasteiger partial charge in [-0.3, -0.25) is 14.3 Å². The van der Waals surface area contributed by atoms with Crippen LogP contribution in [0.3, 0.4) is 0 Å². The van der Waals surface area contributed by atoms with Crippen molar-refractivity contribution in [3.05, 3.63) is 78.4 Å². The van der Waals surface area contributed by atoms with E-state index in [4.69, 9.17) is 0 Å². The fraction of sp³-hybridized carbons (Fsp3) is 0.276. The number of benzene rings is 1. The predicted octanol–water partition coefficient (Wildman–Crippen LogP) is 4.76. The standard InChI is InChI=1S/C29H25F3N10O2/c1-19(43)40-18-23(16-34-40)36-27-37-25-4-2-3-24(42(25)38-27)21-15-35-41(17-21)28(9-12-33)10-13-39(14-11-28)26(44)20-5-7-22(8-6-20)29(30,31)32/h2-8,15-18H,9-11,13-14H2,1H3,(H,36,38). The summed E-state index contributed by atoms with van der Waals surface area (Å²) >= 11 is 0. The van der Waals surface area contributed by atoms with Crippen LogP contribution in [0.4, 0.5) is 24.8 Å². The lowest BCUT2D eigenvalue weighted by Gasteiger charge is -2.40. The van der Waals surface area contributed by atoms with Gasteiger partial charge in [0.25, 0.3) is 5.91 Å². The summed E-state index contributed by atoms with van der Waals surface area (Å²) in [7, 11) is 0. The van der Waals surface area contributed by atoms with Crippen molar-refractivity contribution < 1.29 is 22.8 Å². The van der Waals surface area contributed by atoms with Gasteiger partial charge < -0.3 is 10.2 Å². The first kappa shape index (κ1) is 28.6. The largest absolute Gasteiger partial charge is 0.416 e. The van der Waals surface area contributed by atoms with Gasteiger partial charge in [0, 0.05) is 37.3 Å². The van der Waals surface area contributed by atoms with E-state index in [1.807, 2.05) is 18.3 Å². The number of anilines is 2. The Hall–Kier alpha value is -5.52. The average molecular weight is 603 g/mol. The first-order chi connectivity index (χ1) is 21.1. The number of pyridine rings is 1. The van der Waals surface area contributed by atoms with E-state index in [-0.39, 0.29) is 23.8 Å². The average Bonchev–Trinajstić information content (AvgIpc) is 3.77. The number of carbonyl (C=O) groups excluding carboxylic acids is 2. The van der Waals surface area contributed by atoms with Crippen LogP contribution in [0.1, 0.15) is 46.9 Å². The molecular formula is C29H25F3N10O2. The lowest BCUT2D eigenvalue weighted by atomic mass is 9.84. The molecule has 1 aromatic carbocycles. The molecule has 0 bridgehead atoms. The van der Waals surface area contributed by atoms with E-state index >= 15 is 0 Å². The zero-order valence-electron chi connectivity index (χ0n) is 23.4. The summed E-state index contributed by atoms with van der Waals surface area (Å²) in [5.74, 6) is -0.286. The van der Waals surface area contributed by atoms with Crippen LogP contribution in [-0.4, -0.2) is 64.0 Å². The Balaban J connectivity index is 1.20. The first-order valence-corrected chi connectivity index (χ1v) is 13.6. The van der Waals surface area contributed by atoms with Gasteiger partial charge in [-0.05, 0) is 49.2 Å². The van der Waals surface area contributed by atoms with E-state index < -0.39 is 17.3 Å². The van der Waals surface area contributed by atoms with Crippen LogP contribution in [0.5, 0.6) is 0 Å². The number of nitrogens with zero attached hydrogens (tertiary/aromatic N) is 9. The Kier molecular flexibility index (Phi) is 7.12. The molecule has 15 heteroatoms. The summed E-state index contributed by atoms with van der Waals surface area (Å²) in [6.45, 7) is 2.02. The number of nitriles is 1. The number of halogens is 3. The lowest BCUT2D eigenvalue weighted by Crippen LogP contribution is -2.48. The minimum absolute atomic E-state index is 0.159. The van der Waals surface area contributed by atoms with Crippen molar-refractivity contribution in [2.45, 2.75) is 37.9 Å². The Morgan fingerprint density at radius 2 is 1.80 bits per heavy atom. The van der Waals surface area contributed by atoms with Crippen molar-refractivity contribution in [2.75, 3.05) is 18.4 Å². The highest BCUT2D eigenvalue weighted by Gasteiger charge is 2.39. The molecule has 4 aromatic heterocycles. The highest BCUT2D eigenvalue weighted by atomic mass is 19.4. The topological polar surface area (TPSA) is 139 Å². The zero-order valence-corrected chi connectivity index (χ0v) is 23.4. The molecule has 0 radical (unpaired) electrons. The molecule has 12 nitrogen and oxygen atoms in total. The van der Waals surface area contributed by atoms with Crippen LogP contribution in [-0.2, 0) is 11.7 Å². The quantitative estimate of drug-likeness (QED) is 0.294. The van der Waals surface area contributed by atoms with E-state index in [1.165, 1.54) is 36.1 Å². The third-order valence-electron chi connectivity index (χ3n) is 7.73. The van der Waals surface area contributed by atoms with Gasteiger partial charge in [-0.2, -0.15) is 33.6 Å². The van der Waals surface area contributed by atoms with Crippen molar-refractivity contribution in [3.63, 3.8) is 0 Å². The third-order valence-corrected chi connectivity index (χ3v) is 7.73. The molecule has 5 aromatic rings. The van der Waals surface area contributed by atoms with Gasteiger partial charge in [-0.15, -0.1) is 5.10 Å². The molecule has 1 aliphatic heterocycles. The summed E-state index contributed by atoms with van der Waals surface area (Å²) in [5, 5.41) is 25.9. The number of fused-ring (bicyclic) bond motifs is 1. The van der Waals surface area contributed by atoms with E-state index in [0.717, 1.165) is 17.7 Å². The van der Waals surface area contributed by atoms with Gasteiger partial charge >= 0.3 is 6.18 Å². The van der Waals surface area contributed by atoms with E-state index in [0.29, 0.717) is 48.9 Å². The maximum Gasteiger partial charge on any atom is 0.416 e. The Morgan fingerprint density at radius 3 is 2.45 bits per heavy atom. The van der Waals surface area contributed by atoms with Gasteiger partial charge in [0.05, 0.1) is 53.6 Å². The molecule has 1 N–H and O–H groups in total. The zero-order chi connectivity index (χ0) is 31.1. The number of carbonyl (C=O) groups is 2. The Labute approximate surface area is 248 Å².